The topological polar surface area (TPSA) is 49.9 Å². The summed E-state index contributed by atoms with van der Waals surface area (Å²) in [6.45, 7) is 7.46. The molecule has 2 amide bonds. The Morgan fingerprint density at radius 3 is 2.52 bits per heavy atom. The van der Waals surface area contributed by atoms with E-state index in [0.29, 0.717) is 36.0 Å². The molecule has 5 heteroatoms. The zero-order chi connectivity index (χ0) is 17.4. The zero-order valence-electron chi connectivity index (χ0n) is 15.5. The molecule has 5 nitrogen and oxygen atoms in total. The number of amides is 2. The number of ether oxygens (including phenoxy) is 1. The molecular formula is C20H32N2O3. The Morgan fingerprint density at radius 2 is 1.88 bits per heavy atom. The van der Waals surface area contributed by atoms with E-state index in [1.165, 1.54) is 0 Å². The molecular weight excluding hydrogens is 316 g/mol. The van der Waals surface area contributed by atoms with E-state index in [1.54, 1.807) is 0 Å². The largest absolute Gasteiger partial charge is 0.381 e. The quantitative estimate of drug-likeness (QED) is 0.786. The molecule has 1 spiro atoms. The number of nitrogens with zero attached hydrogens (tertiary/aromatic N) is 2. The number of carbonyl (C=O) groups excluding carboxylic acids is 2. The average molecular weight is 348 g/mol. The molecule has 0 radical (unpaired) electrons. The highest BCUT2D eigenvalue weighted by atomic mass is 16.5. The first-order chi connectivity index (χ1) is 12.1. The van der Waals surface area contributed by atoms with Crippen molar-refractivity contribution >= 4 is 11.8 Å². The van der Waals surface area contributed by atoms with Crippen LogP contribution in [-0.4, -0.2) is 61.0 Å². The number of carbonyl (C=O) groups is 2. The standard InChI is InChI=1S/C20H32N2O3/c1-15-12-17(15)19(24)21-8-6-20(7-9-21)5-2-18(23)22(14-20)13-16-3-10-25-11-4-16/h15-17H,2-14H2,1H3/t15-,17+/m1/s1. The molecule has 1 saturated carbocycles. The van der Waals surface area contributed by atoms with Crippen molar-refractivity contribution in [3.63, 3.8) is 0 Å². The van der Waals surface area contributed by atoms with Gasteiger partial charge >= 0.3 is 0 Å². The van der Waals surface area contributed by atoms with Gasteiger partial charge in [-0.1, -0.05) is 6.92 Å². The molecule has 140 valence electrons. The molecule has 1 aliphatic carbocycles. The number of piperidine rings is 2. The second-order valence-corrected chi connectivity index (χ2v) is 8.97. The summed E-state index contributed by atoms with van der Waals surface area (Å²) in [4.78, 5) is 29.1. The SMILES string of the molecule is C[C@@H]1C[C@@H]1C(=O)N1CCC2(CCC(=O)N(CC3CCOCC3)C2)CC1. The number of hydrogen-bond donors (Lipinski definition) is 0. The molecule has 0 aromatic carbocycles. The third-order valence-electron chi connectivity index (χ3n) is 7.13. The van der Waals surface area contributed by atoms with Crippen LogP contribution in [0, 0.1) is 23.2 Å². The van der Waals surface area contributed by atoms with Gasteiger partial charge in [0.1, 0.15) is 0 Å². The van der Waals surface area contributed by atoms with Crippen molar-refractivity contribution in [3.8, 4) is 0 Å². The van der Waals surface area contributed by atoms with Gasteiger partial charge in [0, 0.05) is 51.7 Å². The molecule has 4 rings (SSSR count). The first-order valence-corrected chi connectivity index (χ1v) is 10.2. The molecule has 0 unspecified atom stereocenters. The van der Waals surface area contributed by atoms with Gasteiger partial charge in [-0.25, -0.2) is 0 Å². The molecule has 3 aliphatic heterocycles. The van der Waals surface area contributed by atoms with E-state index in [4.69, 9.17) is 4.74 Å². The third-order valence-corrected chi connectivity index (χ3v) is 7.13. The van der Waals surface area contributed by atoms with Crippen LogP contribution < -0.4 is 0 Å². The van der Waals surface area contributed by atoms with Gasteiger partial charge in [-0.2, -0.15) is 0 Å². The fraction of sp³-hybridized carbons (Fsp3) is 0.900. The van der Waals surface area contributed by atoms with E-state index in [-0.39, 0.29) is 5.41 Å². The van der Waals surface area contributed by atoms with Gasteiger partial charge in [0.2, 0.25) is 11.8 Å². The molecule has 0 bridgehead atoms. The molecule has 4 fully saturated rings. The lowest BCUT2D eigenvalue weighted by Crippen LogP contribution is -2.53. The van der Waals surface area contributed by atoms with E-state index < -0.39 is 0 Å². The molecule has 25 heavy (non-hydrogen) atoms. The van der Waals surface area contributed by atoms with Crippen molar-refractivity contribution in [2.45, 2.75) is 51.9 Å². The molecule has 2 atom stereocenters. The van der Waals surface area contributed by atoms with Gasteiger partial charge in [0.05, 0.1) is 0 Å². The van der Waals surface area contributed by atoms with Crippen molar-refractivity contribution in [1.82, 2.24) is 9.80 Å². The highest BCUT2D eigenvalue weighted by Crippen LogP contribution is 2.43. The summed E-state index contributed by atoms with van der Waals surface area (Å²) in [5.74, 6) is 2.21. The summed E-state index contributed by atoms with van der Waals surface area (Å²) in [6, 6.07) is 0. The Hall–Kier alpha value is -1.10. The number of hydrogen-bond acceptors (Lipinski definition) is 3. The third kappa shape index (κ3) is 3.71. The van der Waals surface area contributed by atoms with Gasteiger partial charge in [-0.15, -0.1) is 0 Å². The summed E-state index contributed by atoms with van der Waals surface area (Å²) in [5, 5.41) is 0. The summed E-state index contributed by atoms with van der Waals surface area (Å²) in [6.07, 6.45) is 7.08. The minimum atomic E-state index is 0.255. The van der Waals surface area contributed by atoms with Crippen LogP contribution in [0.2, 0.25) is 0 Å². The van der Waals surface area contributed by atoms with E-state index in [9.17, 15) is 9.59 Å². The first-order valence-electron chi connectivity index (χ1n) is 10.2. The Kier molecular flexibility index (Phi) is 4.78. The Morgan fingerprint density at radius 1 is 1.20 bits per heavy atom. The second-order valence-electron chi connectivity index (χ2n) is 8.97. The van der Waals surface area contributed by atoms with Crippen molar-refractivity contribution in [2.24, 2.45) is 23.2 Å². The molecule has 3 heterocycles. The molecule has 0 aromatic heterocycles. The fourth-order valence-corrected chi connectivity index (χ4v) is 5.02. The van der Waals surface area contributed by atoms with Crippen LogP contribution in [0.1, 0.15) is 51.9 Å². The van der Waals surface area contributed by atoms with Crippen molar-refractivity contribution in [2.75, 3.05) is 39.4 Å². The Bertz CT molecular complexity index is 521. The van der Waals surface area contributed by atoms with Crippen molar-refractivity contribution < 1.29 is 14.3 Å². The van der Waals surface area contributed by atoms with E-state index in [1.807, 2.05) is 0 Å². The highest BCUT2D eigenvalue weighted by Gasteiger charge is 2.46. The smallest absolute Gasteiger partial charge is 0.225 e. The average Bonchev–Trinajstić information content (AvgIpc) is 3.36. The van der Waals surface area contributed by atoms with Gasteiger partial charge in [-0.3, -0.25) is 9.59 Å². The summed E-state index contributed by atoms with van der Waals surface area (Å²) in [5.41, 5.74) is 0.255. The summed E-state index contributed by atoms with van der Waals surface area (Å²) < 4.78 is 5.45. The van der Waals surface area contributed by atoms with Crippen LogP contribution in [-0.2, 0) is 14.3 Å². The Balaban J connectivity index is 1.32. The maximum absolute atomic E-state index is 12.5. The van der Waals surface area contributed by atoms with Crippen molar-refractivity contribution in [3.05, 3.63) is 0 Å². The predicted octanol–water partition coefficient (Wildman–Crippen LogP) is 2.30. The van der Waals surface area contributed by atoms with E-state index in [0.717, 1.165) is 77.9 Å². The lowest BCUT2D eigenvalue weighted by Gasteiger charge is -2.48. The van der Waals surface area contributed by atoms with Crippen molar-refractivity contribution in [1.29, 1.82) is 0 Å². The van der Waals surface area contributed by atoms with Crippen LogP contribution in [0.15, 0.2) is 0 Å². The van der Waals surface area contributed by atoms with Crippen LogP contribution >= 0.6 is 0 Å². The lowest BCUT2D eigenvalue weighted by atomic mass is 9.72. The molecule has 4 aliphatic rings. The predicted molar refractivity (Wildman–Crippen MR) is 94.9 cm³/mol. The summed E-state index contributed by atoms with van der Waals surface area (Å²) >= 11 is 0. The van der Waals surface area contributed by atoms with Crippen LogP contribution in [0.25, 0.3) is 0 Å². The van der Waals surface area contributed by atoms with Gasteiger partial charge in [-0.05, 0) is 55.8 Å². The Labute approximate surface area is 151 Å². The second kappa shape index (κ2) is 6.90. The van der Waals surface area contributed by atoms with Crippen LogP contribution in [0.4, 0.5) is 0 Å². The minimum absolute atomic E-state index is 0.255. The molecule has 0 aromatic rings. The van der Waals surface area contributed by atoms with Crippen LogP contribution in [0.5, 0.6) is 0 Å². The van der Waals surface area contributed by atoms with Crippen LogP contribution in [0.3, 0.4) is 0 Å². The maximum atomic E-state index is 12.5. The molecule has 0 N–H and O–H groups in total. The maximum Gasteiger partial charge on any atom is 0.225 e. The fourth-order valence-electron chi connectivity index (χ4n) is 5.02. The zero-order valence-corrected chi connectivity index (χ0v) is 15.5. The molecule has 3 saturated heterocycles. The highest BCUT2D eigenvalue weighted by molar-refractivity contribution is 5.81. The van der Waals surface area contributed by atoms with Gasteiger partial charge in [0.25, 0.3) is 0 Å². The van der Waals surface area contributed by atoms with Gasteiger partial charge in [0.15, 0.2) is 0 Å². The summed E-state index contributed by atoms with van der Waals surface area (Å²) in [7, 11) is 0. The minimum Gasteiger partial charge on any atom is -0.381 e. The monoisotopic (exact) mass is 348 g/mol. The normalized spacial score (nSPS) is 32.9. The number of likely N-dealkylation sites (tertiary alicyclic amines) is 2. The van der Waals surface area contributed by atoms with Gasteiger partial charge < -0.3 is 14.5 Å². The van der Waals surface area contributed by atoms with E-state index >= 15 is 0 Å². The van der Waals surface area contributed by atoms with E-state index in [2.05, 4.69) is 16.7 Å². The first kappa shape index (κ1) is 17.3. The number of rotatable bonds is 3. The lowest BCUT2D eigenvalue weighted by molar-refractivity contribution is -0.144.